The quantitative estimate of drug-likeness (QED) is 0.421. The molecule has 0 N–H and O–H groups in total. The molecule has 3 rings (SSSR count). The zero-order valence-corrected chi connectivity index (χ0v) is 12.1. The first kappa shape index (κ1) is 14.0. The van der Waals surface area contributed by atoms with Crippen LogP contribution in [0.25, 0.3) is 11.0 Å². The molecule has 0 atom stereocenters. The lowest BCUT2D eigenvalue weighted by Crippen LogP contribution is -2.06. The van der Waals surface area contributed by atoms with Gasteiger partial charge in [-0.05, 0) is 34.0 Å². The van der Waals surface area contributed by atoms with Crippen molar-refractivity contribution in [3.63, 3.8) is 0 Å². The molecular weight excluding hydrogens is 286 g/mol. The van der Waals surface area contributed by atoms with Gasteiger partial charge in [0.2, 0.25) is 5.82 Å². The van der Waals surface area contributed by atoms with Crippen molar-refractivity contribution in [2.75, 3.05) is 0 Å². The van der Waals surface area contributed by atoms with Gasteiger partial charge >= 0.3 is 11.4 Å². The number of hydrogen-bond acceptors (Lipinski definition) is 5. The van der Waals surface area contributed by atoms with Crippen molar-refractivity contribution in [2.24, 2.45) is 0 Å². The van der Waals surface area contributed by atoms with Crippen LogP contribution in [0.15, 0.2) is 39.7 Å². The number of aryl methyl sites for hydroxylation is 2. The summed E-state index contributed by atoms with van der Waals surface area (Å²) in [5, 5.41) is 11.6. The van der Waals surface area contributed by atoms with Gasteiger partial charge in [0.1, 0.15) is 11.8 Å². The van der Waals surface area contributed by atoms with Crippen molar-refractivity contribution in [2.45, 2.75) is 20.4 Å². The highest BCUT2D eigenvalue weighted by Crippen LogP contribution is 2.21. The molecule has 0 fully saturated rings. The van der Waals surface area contributed by atoms with Crippen molar-refractivity contribution >= 4 is 16.8 Å². The number of nitro groups is 1. The molecule has 7 nitrogen and oxygen atoms in total. The van der Waals surface area contributed by atoms with Crippen molar-refractivity contribution in [1.29, 1.82) is 0 Å². The number of imidazole rings is 1. The first-order valence-corrected chi connectivity index (χ1v) is 6.65. The maximum absolute atomic E-state index is 11.7. The highest BCUT2D eigenvalue weighted by Gasteiger charge is 2.16. The fourth-order valence-corrected chi connectivity index (χ4v) is 2.39. The van der Waals surface area contributed by atoms with Gasteiger partial charge in [-0.2, -0.15) is 0 Å². The summed E-state index contributed by atoms with van der Waals surface area (Å²) in [6, 6.07) is 7.01. The minimum absolute atomic E-state index is 0.208. The Kier molecular flexibility index (Phi) is 3.25. The first-order chi connectivity index (χ1) is 10.4. The van der Waals surface area contributed by atoms with E-state index in [2.05, 4.69) is 4.98 Å². The summed E-state index contributed by atoms with van der Waals surface area (Å²) in [5.41, 5.74) is 1.79. The molecule has 0 radical (unpaired) electrons. The third-order valence-corrected chi connectivity index (χ3v) is 3.48. The number of aromatic nitrogens is 2. The molecule has 0 amide bonds. The number of rotatable bonds is 3. The number of benzene rings is 1. The van der Waals surface area contributed by atoms with Crippen LogP contribution in [0.1, 0.15) is 17.0 Å². The molecule has 0 unspecified atom stereocenters. The Bertz CT molecular complexity index is 940. The predicted molar refractivity (Wildman–Crippen MR) is 79.9 cm³/mol. The summed E-state index contributed by atoms with van der Waals surface area (Å²) < 4.78 is 6.85. The number of fused-ring (bicyclic) bond motifs is 1. The van der Waals surface area contributed by atoms with Gasteiger partial charge in [0.15, 0.2) is 0 Å². The van der Waals surface area contributed by atoms with Gasteiger partial charge in [0.25, 0.3) is 0 Å². The SMILES string of the molecule is Cc1ccc2c(Cn3cc([N+](=O)[O-])nc3C)cc(=O)oc2c1. The molecule has 2 aromatic heterocycles. The van der Waals surface area contributed by atoms with Crippen molar-refractivity contribution < 1.29 is 9.34 Å². The second-order valence-corrected chi connectivity index (χ2v) is 5.12. The molecule has 22 heavy (non-hydrogen) atoms. The Morgan fingerprint density at radius 1 is 1.32 bits per heavy atom. The minimum Gasteiger partial charge on any atom is -0.423 e. The molecule has 0 aliphatic heterocycles. The second-order valence-electron chi connectivity index (χ2n) is 5.12. The Morgan fingerprint density at radius 2 is 2.09 bits per heavy atom. The van der Waals surface area contributed by atoms with E-state index >= 15 is 0 Å². The molecule has 3 aromatic rings. The molecular formula is C15H13N3O4. The lowest BCUT2D eigenvalue weighted by atomic mass is 10.1. The average Bonchev–Trinajstić information content (AvgIpc) is 2.79. The first-order valence-electron chi connectivity index (χ1n) is 6.65. The molecule has 0 aliphatic rings. The third kappa shape index (κ3) is 2.48. The highest BCUT2D eigenvalue weighted by molar-refractivity contribution is 5.80. The average molecular weight is 299 g/mol. The van der Waals surface area contributed by atoms with Gasteiger partial charge in [-0.15, -0.1) is 0 Å². The molecule has 0 aliphatic carbocycles. The smallest absolute Gasteiger partial charge is 0.381 e. The van der Waals surface area contributed by atoms with Crippen molar-refractivity contribution in [1.82, 2.24) is 9.55 Å². The van der Waals surface area contributed by atoms with Crippen LogP contribution in [0.2, 0.25) is 0 Å². The van der Waals surface area contributed by atoms with Gasteiger partial charge < -0.3 is 19.1 Å². The zero-order valence-electron chi connectivity index (χ0n) is 12.1. The topological polar surface area (TPSA) is 91.2 Å². The van der Waals surface area contributed by atoms with Crippen molar-refractivity contribution in [3.8, 4) is 0 Å². The Hall–Kier alpha value is -2.96. The highest BCUT2D eigenvalue weighted by atomic mass is 16.6. The summed E-state index contributed by atoms with van der Waals surface area (Å²) >= 11 is 0. The zero-order chi connectivity index (χ0) is 15.9. The third-order valence-electron chi connectivity index (χ3n) is 3.48. The minimum atomic E-state index is -0.537. The Labute approximate surface area is 125 Å². The van der Waals surface area contributed by atoms with E-state index in [1.807, 2.05) is 19.1 Å². The molecule has 0 saturated heterocycles. The van der Waals surface area contributed by atoms with Gasteiger partial charge in [0.05, 0.1) is 6.54 Å². The molecule has 0 bridgehead atoms. The maximum atomic E-state index is 11.7. The summed E-state index contributed by atoms with van der Waals surface area (Å²) in [6.07, 6.45) is 1.37. The normalized spacial score (nSPS) is 11.0. The van der Waals surface area contributed by atoms with Crippen LogP contribution < -0.4 is 5.63 Å². The molecule has 0 spiro atoms. The number of nitrogens with zero attached hydrogens (tertiary/aromatic N) is 3. The van der Waals surface area contributed by atoms with Crippen LogP contribution in [0.4, 0.5) is 5.82 Å². The van der Waals surface area contributed by atoms with Crippen LogP contribution in [-0.2, 0) is 6.54 Å². The van der Waals surface area contributed by atoms with Crippen LogP contribution in [0.3, 0.4) is 0 Å². The summed E-state index contributed by atoms with van der Waals surface area (Å²) in [6.45, 7) is 3.91. The van der Waals surface area contributed by atoms with Gasteiger partial charge in [-0.3, -0.25) is 0 Å². The van der Waals surface area contributed by atoms with E-state index in [1.54, 1.807) is 17.6 Å². The van der Waals surface area contributed by atoms with Gasteiger partial charge in [0, 0.05) is 18.4 Å². The molecule has 2 heterocycles. The van der Waals surface area contributed by atoms with E-state index < -0.39 is 10.5 Å². The van der Waals surface area contributed by atoms with Crippen LogP contribution >= 0.6 is 0 Å². The fraction of sp³-hybridized carbons (Fsp3) is 0.200. The Morgan fingerprint density at radius 3 is 2.77 bits per heavy atom. The standard InChI is InChI=1S/C15H13N3O4/c1-9-3-4-12-11(6-15(19)22-13(12)5-9)7-17-8-14(18(20)21)16-10(17)2/h3-6,8H,7H2,1-2H3. The van der Waals surface area contributed by atoms with Crippen LogP contribution in [0, 0.1) is 24.0 Å². The van der Waals surface area contributed by atoms with E-state index in [4.69, 9.17) is 4.42 Å². The maximum Gasteiger partial charge on any atom is 0.381 e. The van der Waals surface area contributed by atoms with E-state index in [0.29, 0.717) is 18.0 Å². The van der Waals surface area contributed by atoms with E-state index in [1.165, 1.54) is 12.3 Å². The lowest BCUT2D eigenvalue weighted by molar-refractivity contribution is -0.389. The molecule has 1 aromatic carbocycles. The molecule has 7 heteroatoms. The summed E-state index contributed by atoms with van der Waals surface area (Å²) in [4.78, 5) is 25.8. The second kappa shape index (κ2) is 5.10. The molecule has 112 valence electrons. The van der Waals surface area contributed by atoms with E-state index in [-0.39, 0.29) is 5.82 Å². The van der Waals surface area contributed by atoms with Gasteiger partial charge in [-0.1, -0.05) is 12.1 Å². The molecule has 0 saturated carbocycles. The monoisotopic (exact) mass is 299 g/mol. The largest absolute Gasteiger partial charge is 0.423 e. The van der Waals surface area contributed by atoms with Crippen molar-refractivity contribution in [3.05, 3.63) is 67.9 Å². The number of hydrogen-bond donors (Lipinski definition) is 0. The summed E-state index contributed by atoms with van der Waals surface area (Å²) in [7, 11) is 0. The van der Waals surface area contributed by atoms with Crippen LogP contribution in [0.5, 0.6) is 0 Å². The Balaban J connectivity index is 2.11. The van der Waals surface area contributed by atoms with E-state index in [9.17, 15) is 14.9 Å². The van der Waals surface area contributed by atoms with E-state index in [0.717, 1.165) is 16.5 Å². The summed E-state index contributed by atoms with van der Waals surface area (Å²) in [5.74, 6) is 0.306. The van der Waals surface area contributed by atoms with Crippen LogP contribution in [-0.4, -0.2) is 14.5 Å². The predicted octanol–water partition coefficient (Wildman–Crippen LogP) is 2.56. The fourth-order valence-electron chi connectivity index (χ4n) is 2.39. The lowest BCUT2D eigenvalue weighted by Gasteiger charge is -2.07. The van der Waals surface area contributed by atoms with Gasteiger partial charge in [-0.25, -0.2) is 4.79 Å².